The fourth-order valence-corrected chi connectivity index (χ4v) is 5.92. The first-order chi connectivity index (χ1) is 17.2. The van der Waals surface area contributed by atoms with Gasteiger partial charge in [0.2, 0.25) is 23.5 Å². The maximum Gasteiger partial charge on any atom is 0.286 e. The molecule has 0 bridgehead atoms. The van der Waals surface area contributed by atoms with E-state index in [1.807, 2.05) is 13.8 Å². The molecule has 3 rings (SSSR count). The molecule has 36 heavy (non-hydrogen) atoms. The van der Waals surface area contributed by atoms with Gasteiger partial charge in [0, 0.05) is 25.9 Å². The van der Waals surface area contributed by atoms with Crippen LogP contribution in [0.3, 0.4) is 0 Å². The number of amides is 2. The van der Waals surface area contributed by atoms with Gasteiger partial charge in [-0.1, -0.05) is 50.6 Å². The van der Waals surface area contributed by atoms with Crippen molar-refractivity contribution in [2.24, 2.45) is 5.92 Å². The number of Topliss-reactive ketones (excluding diaryl/α,β-unsaturated/α-hetero) is 1. The summed E-state index contributed by atoms with van der Waals surface area (Å²) in [6.45, 7) is 4.86. The zero-order valence-electron chi connectivity index (χ0n) is 20.8. The normalized spacial score (nSPS) is 15.4. The van der Waals surface area contributed by atoms with Crippen molar-refractivity contribution in [3.63, 3.8) is 0 Å². The Hall–Kier alpha value is -3.08. The Kier molecular flexibility index (Phi) is 9.74. The molecule has 2 aromatic rings. The van der Waals surface area contributed by atoms with Crippen molar-refractivity contribution in [3.05, 3.63) is 47.7 Å². The van der Waals surface area contributed by atoms with Crippen LogP contribution in [-0.4, -0.2) is 66.0 Å². The molecule has 1 fully saturated rings. The predicted molar refractivity (Wildman–Crippen MR) is 133 cm³/mol. The quantitative estimate of drug-likeness (QED) is 0.399. The number of carbonyl (C=O) groups excluding carboxylic acids is 3. The summed E-state index contributed by atoms with van der Waals surface area (Å²) in [5, 5.41) is 10.3. The van der Waals surface area contributed by atoms with Gasteiger partial charge in [0.25, 0.3) is 5.89 Å². The zero-order chi connectivity index (χ0) is 26.1. The van der Waals surface area contributed by atoms with Crippen molar-refractivity contribution >= 4 is 27.4 Å². The predicted octanol–water partition coefficient (Wildman–Crippen LogP) is 2.34. The first kappa shape index (κ1) is 27.5. The van der Waals surface area contributed by atoms with Gasteiger partial charge >= 0.3 is 0 Å². The highest BCUT2D eigenvalue weighted by molar-refractivity contribution is 7.90. The number of likely N-dealkylation sites (tertiary alicyclic amines) is 1. The summed E-state index contributed by atoms with van der Waals surface area (Å²) in [6.07, 6.45) is 2.86. The molecule has 1 N–H and O–H groups in total. The fourth-order valence-electron chi connectivity index (χ4n) is 4.22. The van der Waals surface area contributed by atoms with Crippen LogP contribution in [0.2, 0.25) is 0 Å². The molecule has 196 valence electrons. The molecule has 2 atom stereocenters. The molecule has 0 aliphatic carbocycles. The van der Waals surface area contributed by atoms with E-state index in [4.69, 9.17) is 4.42 Å². The van der Waals surface area contributed by atoms with E-state index in [-0.39, 0.29) is 24.0 Å². The third kappa shape index (κ3) is 7.71. The molecule has 11 heteroatoms. The first-order valence-corrected chi connectivity index (χ1v) is 14.2. The van der Waals surface area contributed by atoms with Gasteiger partial charge in [-0.25, -0.2) is 8.42 Å². The lowest BCUT2D eigenvalue weighted by atomic mass is 10.0. The SMILES string of the molecule is CCCC(NC(=O)C(CC(=O)N1CCCC1)CS(=O)(=O)Cc1ccccc1)C(=O)c1nnc(CC)o1. The lowest BCUT2D eigenvalue weighted by molar-refractivity contribution is -0.135. The van der Waals surface area contributed by atoms with E-state index in [1.54, 1.807) is 35.2 Å². The van der Waals surface area contributed by atoms with Crippen molar-refractivity contribution in [1.82, 2.24) is 20.4 Å². The smallest absolute Gasteiger partial charge is 0.286 e. The number of nitrogens with one attached hydrogen (secondary N) is 1. The van der Waals surface area contributed by atoms with Crippen molar-refractivity contribution in [2.75, 3.05) is 18.8 Å². The van der Waals surface area contributed by atoms with Gasteiger partial charge in [-0.05, 0) is 24.8 Å². The molecule has 1 aromatic carbocycles. The molecule has 0 radical (unpaired) electrons. The third-order valence-corrected chi connectivity index (χ3v) is 7.81. The summed E-state index contributed by atoms with van der Waals surface area (Å²) in [5.74, 6) is -3.21. The van der Waals surface area contributed by atoms with E-state index in [2.05, 4.69) is 15.5 Å². The average molecular weight is 519 g/mol. The van der Waals surface area contributed by atoms with Crippen molar-refractivity contribution < 1.29 is 27.2 Å². The van der Waals surface area contributed by atoms with Gasteiger partial charge in [0.15, 0.2) is 9.84 Å². The van der Waals surface area contributed by atoms with Crippen LogP contribution in [0.5, 0.6) is 0 Å². The van der Waals surface area contributed by atoms with Crippen LogP contribution in [0.4, 0.5) is 0 Å². The molecule has 0 saturated carbocycles. The van der Waals surface area contributed by atoms with Crippen LogP contribution >= 0.6 is 0 Å². The molecular formula is C25H34N4O6S. The maximum atomic E-state index is 13.3. The summed E-state index contributed by atoms with van der Waals surface area (Å²) >= 11 is 0. The number of benzene rings is 1. The van der Waals surface area contributed by atoms with E-state index >= 15 is 0 Å². The molecule has 1 saturated heterocycles. The monoisotopic (exact) mass is 518 g/mol. The van der Waals surface area contributed by atoms with Crippen LogP contribution in [0.1, 0.15) is 68.1 Å². The van der Waals surface area contributed by atoms with Gasteiger partial charge in [-0.3, -0.25) is 14.4 Å². The molecule has 10 nitrogen and oxygen atoms in total. The second-order valence-corrected chi connectivity index (χ2v) is 11.2. The van der Waals surface area contributed by atoms with E-state index in [9.17, 15) is 22.8 Å². The van der Waals surface area contributed by atoms with E-state index in [0.717, 1.165) is 12.8 Å². The van der Waals surface area contributed by atoms with Crippen molar-refractivity contribution in [2.45, 2.75) is 64.2 Å². The Morgan fingerprint density at radius 3 is 2.39 bits per heavy atom. The topological polar surface area (TPSA) is 140 Å². The van der Waals surface area contributed by atoms with E-state index in [1.165, 1.54) is 0 Å². The van der Waals surface area contributed by atoms with Crippen LogP contribution in [-0.2, 0) is 31.6 Å². The minimum Gasteiger partial charge on any atom is -0.418 e. The Bertz CT molecular complexity index is 1140. The Morgan fingerprint density at radius 2 is 1.78 bits per heavy atom. The zero-order valence-corrected chi connectivity index (χ0v) is 21.6. The van der Waals surface area contributed by atoms with Gasteiger partial charge in [-0.2, -0.15) is 0 Å². The standard InChI is InChI=1S/C25H34N4O6S/c1-3-10-20(23(31)25-28-27-21(4-2)35-25)26-24(32)19(15-22(30)29-13-8-9-14-29)17-36(33,34)16-18-11-6-5-7-12-18/h5-7,11-12,19-20H,3-4,8-10,13-17H2,1-2H3,(H,26,32). The van der Waals surface area contributed by atoms with E-state index < -0.39 is 39.2 Å². The van der Waals surface area contributed by atoms with Gasteiger partial charge in [-0.15, -0.1) is 10.2 Å². The van der Waals surface area contributed by atoms with Crippen LogP contribution in [0.25, 0.3) is 0 Å². The van der Waals surface area contributed by atoms with Gasteiger partial charge in [0.05, 0.1) is 23.5 Å². The minimum absolute atomic E-state index is 0.202. The molecule has 1 aliphatic rings. The highest BCUT2D eigenvalue weighted by Gasteiger charge is 2.34. The molecular weight excluding hydrogens is 484 g/mol. The number of aryl methyl sites for hydroxylation is 1. The van der Waals surface area contributed by atoms with Crippen LogP contribution in [0.15, 0.2) is 34.7 Å². The van der Waals surface area contributed by atoms with Gasteiger partial charge in [0.1, 0.15) is 0 Å². The third-order valence-electron chi connectivity index (χ3n) is 6.13. The summed E-state index contributed by atoms with van der Waals surface area (Å²) in [5.41, 5.74) is 0.602. The molecule has 2 unspecified atom stereocenters. The number of sulfone groups is 1. The Balaban J connectivity index is 1.78. The van der Waals surface area contributed by atoms with Crippen LogP contribution < -0.4 is 5.32 Å². The molecule has 2 heterocycles. The Morgan fingerprint density at radius 1 is 1.08 bits per heavy atom. The summed E-state index contributed by atoms with van der Waals surface area (Å²) < 4.78 is 31.4. The maximum absolute atomic E-state index is 13.3. The largest absolute Gasteiger partial charge is 0.418 e. The molecule has 2 amide bonds. The van der Waals surface area contributed by atoms with Crippen molar-refractivity contribution in [3.8, 4) is 0 Å². The Labute approximate surface area is 211 Å². The van der Waals surface area contributed by atoms with Crippen LogP contribution in [0, 0.1) is 5.92 Å². The molecule has 0 spiro atoms. The summed E-state index contributed by atoms with van der Waals surface area (Å²) in [4.78, 5) is 40.8. The number of hydrogen-bond acceptors (Lipinski definition) is 8. The second-order valence-electron chi connectivity index (χ2n) is 9.10. The number of nitrogens with zero attached hydrogens (tertiary/aromatic N) is 3. The number of hydrogen-bond donors (Lipinski definition) is 1. The van der Waals surface area contributed by atoms with E-state index in [0.29, 0.717) is 43.8 Å². The lowest BCUT2D eigenvalue weighted by Crippen LogP contribution is -2.46. The fraction of sp³-hybridized carbons (Fsp3) is 0.560. The summed E-state index contributed by atoms with van der Waals surface area (Å²) in [7, 11) is -3.73. The average Bonchev–Trinajstić information content (AvgIpc) is 3.55. The number of rotatable bonds is 13. The number of carbonyl (C=O) groups is 3. The number of ketones is 1. The second kappa shape index (κ2) is 12.8. The first-order valence-electron chi connectivity index (χ1n) is 12.4. The lowest BCUT2D eigenvalue weighted by Gasteiger charge is -2.23. The van der Waals surface area contributed by atoms with Crippen molar-refractivity contribution in [1.29, 1.82) is 0 Å². The highest BCUT2D eigenvalue weighted by atomic mass is 32.2. The molecule has 1 aliphatic heterocycles. The minimum atomic E-state index is -3.73. The number of aromatic nitrogens is 2. The summed E-state index contributed by atoms with van der Waals surface area (Å²) in [6, 6.07) is 7.72. The van der Waals surface area contributed by atoms with Gasteiger partial charge < -0.3 is 14.6 Å². The molecule has 1 aromatic heterocycles. The highest BCUT2D eigenvalue weighted by Crippen LogP contribution is 2.18.